The molecule has 3 heterocycles. The van der Waals surface area contributed by atoms with Gasteiger partial charge in [-0.25, -0.2) is 4.98 Å². The van der Waals surface area contributed by atoms with E-state index < -0.39 is 0 Å². The van der Waals surface area contributed by atoms with E-state index in [1.165, 1.54) is 10.8 Å². The molecule has 0 amide bonds. The first-order chi connectivity index (χ1) is 13.7. The number of nitrogens with zero attached hydrogens (tertiary/aromatic N) is 4. The minimum Gasteiger partial charge on any atom is -0.282 e. The van der Waals surface area contributed by atoms with Crippen molar-refractivity contribution >= 4 is 11.6 Å². The summed E-state index contributed by atoms with van der Waals surface area (Å²) in [7, 11) is 0. The number of aromatic nitrogens is 3. The van der Waals surface area contributed by atoms with Crippen LogP contribution < -0.4 is 5.56 Å². The van der Waals surface area contributed by atoms with E-state index in [0.717, 1.165) is 5.56 Å². The highest BCUT2D eigenvalue weighted by Gasteiger charge is 2.15. The molecule has 134 valence electrons. The second-order valence-corrected chi connectivity index (χ2v) is 6.42. The number of rotatable bonds is 3. The Morgan fingerprint density at radius 3 is 2.50 bits per heavy atom. The summed E-state index contributed by atoms with van der Waals surface area (Å²) in [6.45, 7) is 0. The van der Waals surface area contributed by atoms with Crippen LogP contribution in [0, 0.1) is 11.3 Å². The molecule has 0 N–H and O–H groups in total. The zero-order valence-electron chi connectivity index (χ0n) is 14.6. The van der Waals surface area contributed by atoms with E-state index in [-0.39, 0.29) is 5.56 Å². The van der Waals surface area contributed by atoms with Crippen LogP contribution in [0.5, 0.6) is 0 Å². The molecule has 0 bridgehead atoms. The van der Waals surface area contributed by atoms with E-state index in [2.05, 4.69) is 16.0 Å². The minimum absolute atomic E-state index is 0.258. The molecule has 1 aromatic carbocycles. The molecule has 0 spiro atoms. The van der Waals surface area contributed by atoms with Crippen molar-refractivity contribution in [3.05, 3.63) is 100 Å². The zero-order valence-corrected chi connectivity index (χ0v) is 15.3. The Balaban J connectivity index is 2.03. The number of halogens is 1. The molecule has 0 radical (unpaired) electrons. The second-order valence-electron chi connectivity index (χ2n) is 6.03. The second kappa shape index (κ2) is 7.47. The number of pyridine rings is 3. The summed E-state index contributed by atoms with van der Waals surface area (Å²) in [6, 6.07) is 19.9. The van der Waals surface area contributed by atoms with Crippen molar-refractivity contribution in [3.63, 3.8) is 0 Å². The maximum atomic E-state index is 13.3. The van der Waals surface area contributed by atoms with Crippen molar-refractivity contribution < 1.29 is 0 Å². The SMILES string of the molecule is N#Cc1ccccc1-c1cc(-c2ccccn2)cn(-c2ccc(Cl)nc2)c1=O. The lowest BCUT2D eigenvalue weighted by Crippen LogP contribution is -2.20. The molecule has 5 nitrogen and oxygen atoms in total. The highest BCUT2D eigenvalue weighted by Crippen LogP contribution is 2.26. The molecule has 0 aliphatic carbocycles. The fourth-order valence-corrected chi connectivity index (χ4v) is 3.08. The van der Waals surface area contributed by atoms with Gasteiger partial charge >= 0.3 is 0 Å². The minimum atomic E-state index is -0.258. The van der Waals surface area contributed by atoms with Crippen LogP contribution in [-0.4, -0.2) is 14.5 Å². The molecule has 0 saturated heterocycles. The third-order valence-corrected chi connectivity index (χ3v) is 4.53. The van der Waals surface area contributed by atoms with Crippen LogP contribution in [0.15, 0.2) is 84.0 Å². The van der Waals surface area contributed by atoms with Crippen molar-refractivity contribution in [3.8, 4) is 34.1 Å². The Labute approximate surface area is 166 Å². The lowest BCUT2D eigenvalue weighted by Gasteiger charge is -2.12. The average Bonchev–Trinajstić information content (AvgIpc) is 2.75. The topological polar surface area (TPSA) is 71.6 Å². The molecule has 4 aromatic rings. The standard InChI is InChI=1S/C22H13ClN4O/c23-21-9-8-17(13-26-21)27-14-16(20-7-3-4-10-25-20)11-19(22(27)28)18-6-2-1-5-15(18)12-24/h1-11,13-14H. The van der Waals surface area contributed by atoms with Crippen LogP contribution in [0.25, 0.3) is 28.1 Å². The lowest BCUT2D eigenvalue weighted by atomic mass is 9.99. The van der Waals surface area contributed by atoms with Gasteiger partial charge in [0, 0.05) is 29.1 Å². The van der Waals surface area contributed by atoms with Gasteiger partial charge in [0.25, 0.3) is 5.56 Å². The van der Waals surface area contributed by atoms with Crippen LogP contribution in [0.4, 0.5) is 0 Å². The molecule has 0 aliphatic heterocycles. The maximum absolute atomic E-state index is 13.3. The first kappa shape index (κ1) is 17.7. The fourth-order valence-electron chi connectivity index (χ4n) is 2.97. The molecule has 0 unspecified atom stereocenters. The van der Waals surface area contributed by atoms with Gasteiger partial charge in [0.2, 0.25) is 0 Å². The van der Waals surface area contributed by atoms with Gasteiger partial charge in [-0.05, 0) is 36.4 Å². The summed E-state index contributed by atoms with van der Waals surface area (Å²) in [5, 5.41) is 9.82. The van der Waals surface area contributed by atoms with E-state index in [1.54, 1.807) is 54.9 Å². The Morgan fingerprint density at radius 2 is 1.79 bits per heavy atom. The van der Waals surface area contributed by atoms with Crippen LogP contribution >= 0.6 is 11.6 Å². The summed E-state index contributed by atoms with van der Waals surface area (Å²) >= 11 is 5.89. The molecule has 4 rings (SSSR count). The van der Waals surface area contributed by atoms with Gasteiger partial charge in [-0.3, -0.25) is 14.3 Å². The molecule has 0 atom stereocenters. The Bertz CT molecular complexity index is 1240. The van der Waals surface area contributed by atoms with Gasteiger partial charge in [-0.15, -0.1) is 0 Å². The molecule has 0 aliphatic rings. The number of nitriles is 1. The van der Waals surface area contributed by atoms with Crippen LogP contribution in [0.2, 0.25) is 5.15 Å². The molecular weight excluding hydrogens is 372 g/mol. The first-order valence-corrected chi connectivity index (χ1v) is 8.85. The maximum Gasteiger partial charge on any atom is 0.263 e. The molecule has 0 saturated carbocycles. The van der Waals surface area contributed by atoms with Crippen LogP contribution in [0.1, 0.15) is 5.56 Å². The van der Waals surface area contributed by atoms with Gasteiger partial charge in [0.1, 0.15) is 5.15 Å². The predicted octanol–water partition coefficient (Wildman–Crippen LogP) is 4.49. The monoisotopic (exact) mass is 384 g/mol. The summed E-state index contributed by atoms with van der Waals surface area (Å²) in [4.78, 5) is 21.7. The third-order valence-electron chi connectivity index (χ3n) is 4.31. The molecule has 6 heteroatoms. The molecule has 28 heavy (non-hydrogen) atoms. The Hall–Kier alpha value is -3.75. The average molecular weight is 385 g/mol. The van der Waals surface area contributed by atoms with Crippen molar-refractivity contribution in [2.75, 3.05) is 0 Å². The van der Waals surface area contributed by atoms with Crippen molar-refractivity contribution in [2.45, 2.75) is 0 Å². The smallest absolute Gasteiger partial charge is 0.263 e. The van der Waals surface area contributed by atoms with Gasteiger partial charge in [-0.1, -0.05) is 35.9 Å². The molecular formula is C22H13ClN4O. The van der Waals surface area contributed by atoms with E-state index in [0.29, 0.717) is 33.2 Å². The predicted molar refractivity (Wildman–Crippen MR) is 108 cm³/mol. The van der Waals surface area contributed by atoms with Crippen LogP contribution in [0.3, 0.4) is 0 Å². The summed E-state index contributed by atoms with van der Waals surface area (Å²) in [5.41, 5.74) is 3.19. The van der Waals surface area contributed by atoms with Gasteiger partial charge in [0.15, 0.2) is 0 Å². The zero-order chi connectivity index (χ0) is 19.5. The highest BCUT2D eigenvalue weighted by molar-refractivity contribution is 6.29. The van der Waals surface area contributed by atoms with E-state index >= 15 is 0 Å². The first-order valence-electron chi connectivity index (χ1n) is 8.47. The molecule has 0 fully saturated rings. The Kier molecular flexibility index (Phi) is 4.71. The summed E-state index contributed by atoms with van der Waals surface area (Å²) in [5.74, 6) is 0. The molecule has 3 aromatic heterocycles. The van der Waals surface area contributed by atoms with E-state index in [9.17, 15) is 10.1 Å². The number of benzene rings is 1. The quantitative estimate of drug-likeness (QED) is 0.488. The van der Waals surface area contributed by atoms with Crippen molar-refractivity contribution in [1.29, 1.82) is 5.26 Å². The van der Waals surface area contributed by atoms with Crippen molar-refractivity contribution in [1.82, 2.24) is 14.5 Å². The number of hydrogen-bond acceptors (Lipinski definition) is 4. The van der Waals surface area contributed by atoms with E-state index in [4.69, 9.17) is 11.6 Å². The highest BCUT2D eigenvalue weighted by atomic mass is 35.5. The number of hydrogen-bond donors (Lipinski definition) is 0. The van der Waals surface area contributed by atoms with E-state index in [1.807, 2.05) is 18.2 Å². The summed E-state index contributed by atoms with van der Waals surface area (Å²) < 4.78 is 1.50. The third kappa shape index (κ3) is 3.29. The normalized spacial score (nSPS) is 10.4. The van der Waals surface area contributed by atoms with Crippen molar-refractivity contribution in [2.24, 2.45) is 0 Å². The summed E-state index contributed by atoms with van der Waals surface area (Å²) in [6.07, 6.45) is 4.94. The lowest BCUT2D eigenvalue weighted by molar-refractivity contribution is 0.981. The largest absolute Gasteiger partial charge is 0.282 e. The van der Waals surface area contributed by atoms with Crippen LogP contribution in [-0.2, 0) is 0 Å². The van der Waals surface area contributed by atoms with Gasteiger partial charge in [0.05, 0.1) is 29.2 Å². The van der Waals surface area contributed by atoms with Gasteiger partial charge < -0.3 is 0 Å². The van der Waals surface area contributed by atoms with Gasteiger partial charge in [-0.2, -0.15) is 5.26 Å². The fraction of sp³-hybridized carbons (Fsp3) is 0. The Morgan fingerprint density at radius 1 is 0.964 bits per heavy atom.